The second-order valence-electron chi connectivity index (χ2n) is 3.21. The van der Waals surface area contributed by atoms with Gasteiger partial charge in [-0.05, 0) is 25.5 Å². The average molecular weight is 184 g/mol. The van der Waals surface area contributed by atoms with E-state index in [-0.39, 0.29) is 12.4 Å². The number of rotatable bonds is 1. The second-order valence-corrected chi connectivity index (χ2v) is 3.21. The molecule has 2 rings (SSSR count). The Kier molecular flexibility index (Phi) is 3.12. The molecule has 1 N–H and O–H groups in total. The van der Waals surface area contributed by atoms with Crippen LogP contribution in [-0.2, 0) is 0 Å². The smallest absolute Gasteiger partial charge is 0.0332 e. The standard InChI is InChI=1S/C10H13N.ClH/c1-8-3-2-4-9(7-8)10-5-6-11-10;/h2-4,7,10-11H,5-6H2,1H3;1H/t10-;/m1./s1. The van der Waals surface area contributed by atoms with E-state index in [1.54, 1.807) is 0 Å². The molecule has 0 amide bonds. The number of hydrogen-bond donors (Lipinski definition) is 1. The van der Waals surface area contributed by atoms with Crippen LogP contribution in [0, 0.1) is 6.92 Å². The quantitative estimate of drug-likeness (QED) is 0.706. The maximum Gasteiger partial charge on any atom is 0.0332 e. The molecule has 0 aliphatic carbocycles. The minimum absolute atomic E-state index is 0. The van der Waals surface area contributed by atoms with Gasteiger partial charge in [-0.15, -0.1) is 12.4 Å². The topological polar surface area (TPSA) is 12.0 Å². The number of halogens is 1. The molecule has 0 bridgehead atoms. The van der Waals surface area contributed by atoms with Gasteiger partial charge in [0, 0.05) is 6.04 Å². The van der Waals surface area contributed by atoms with Crippen molar-refractivity contribution in [3.05, 3.63) is 35.4 Å². The monoisotopic (exact) mass is 183 g/mol. The van der Waals surface area contributed by atoms with Gasteiger partial charge in [0.1, 0.15) is 0 Å². The van der Waals surface area contributed by atoms with Gasteiger partial charge < -0.3 is 5.32 Å². The molecule has 0 unspecified atom stereocenters. The SMILES string of the molecule is Cc1cccc([C@H]2CCN2)c1.Cl. The first-order valence-corrected chi connectivity index (χ1v) is 4.16. The molecule has 0 radical (unpaired) electrons. The van der Waals surface area contributed by atoms with Crippen LogP contribution >= 0.6 is 12.4 Å². The van der Waals surface area contributed by atoms with E-state index < -0.39 is 0 Å². The van der Waals surface area contributed by atoms with Crippen molar-refractivity contribution < 1.29 is 0 Å². The number of benzene rings is 1. The number of hydrogen-bond acceptors (Lipinski definition) is 1. The van der Waals surface area contributed by atoms with E-state index in [1.807, 2.05) is 0 Å². The third-order valence-corrected chi connectivity index (χ3v) is 2.27. The summed E-state index contributed by atoms with van der Waals surface area (Å²) >= 11 is 0. The molecule has 0 aromatic heterocycles. The van der Waals surface area contributed by atoms with Crippen LogP contribution in [-0.4, -0.2) is 6.54 Å². The molecule has 1 aromatic carbocycles. The van der Waals surface area contributed by atoms with Crippen LogP contribution in [0.2, 0.25) is 0 Å². The van der Waals surface area contributed by atoms with Gasteiger partial charge in [0.15, 0.2) is 0 Å². The fourth-order valence-electron chi connectivity index (χ4n) is 1.46. The van der Waals surface area contributed by atoms with Crippen LogP contribution in [0.4, 0.5) is 0 Å². The second kappa shape index (κ2) is 3.92. The fourth-order valence-corrected chi connectivity index (χ4v) is 1.46. The zero-order valence-electron chi connectivity index (χ0n) is 7.21. The summed E-state index contributed by atoms with van der Waals surface area (Å²) < 4.78 is 0. The third-order valence-electron chi connectivity index (χ3n) is 2.27. The Hall–Kier alpha value is -0.530. The Balaban J connectivity index is 0.000000720. The van der Waals surface area contributed by atoms with Crippen LogP contribution < -0.4 is 5.32 Å². The summed E-state index contributed by atoms with van der Waals surface area (Å²) in [5, 5.41) is 3.39. The van der Waals surface area contributed by atoms with Crippen molar-refractivity contribution >= 4 is 12.4 Å². The summed E-state index contributed by atoms with van der Waals surface area (Å²) in [6.45, 7) is 3.32. The molecule has 1 atom stereocenters. The van der Waals surface area contributed by atoms with Gasteiger partial charge in [0.25, 0.3) is 0 Å². The third kappa shape index (κ3) is 1.79. The van der Waals surface area contributed by atoms with Gasteiger partial charge in [0.2, 0.25) is 0 Å². The molecule has 1 heterocycles. The highest BCUT2D eigenvalue weighted by atomic mass is 35.5. The predicted octanol–water partition coefficient (Wildman–Crippen LogP) is 2.45. The maximum atomic E-state index is 3.39. The summed E-state index contributed by atoms with van der Waals surface area (Å²) in [7, 11) is 0. The van der Waals surface area contributed by atoms with Gasteiger partial charge in [-0.1, -0.05) is 29.8 Å². The molecule has 12 heavy (non-hydrogen) atoms. The molecule has 1 aliphatic heterocycles. The van der Waals surface area contributed by atoms with Crippen molar-refractivity contribution in [2.45, 2.75) is 19.4 Å². The van der Waals surface area contributed by atoms with Gasteiger partial charge in [-0.3, -0.25) is 0 Å². The first kappa shape index (κ1) is 9.56. The first-order valence-electron chi connectivity index (χ1n) is 4.16. The average Bonchev–Trinajstić information content (AvgIpc) is 1.83. The Labute approximate surface area is 79.6 Å². The molecular weight excluding hydrogens is 170 g/mol. The molecule has 66 valence electrons. The van der Waals surface area contributed by atoms with Gasteiger partial charge in [0.05, 0.1) is 0 Å². The lowest BCUT2D eigenvalue weighted by Crippen LogP contribution is -2.34. The van der Waals surface area contributed by atoms with Crippen LogP contribution in [0.3, 0.4) is 0 Å². The van der Waals surface area contributed by atoms with E-state index in [2.05, 4.69) is 36.5 Å². The van der Waals surface area contributed by atoms with Gasteiger partial charge in [-0.25, -0.2) is 0 Å². The Morgan fingerprint density at radius 1 is 1.42 bits per heavy atom. The zero-order valence-corrected chi connectivity index (χ0v) is 8.03. The molecule has 0 spiro atoms. The Bertz CT molecular complexity index is 256. The highest BCUT2D eigenvalue weighted by Gasteiger charge is 2.17. The fraction of sp³-hybridized carbons (Fsp3) is 0.400. The van der Waals surface area contributed by atoms with E-state index in [0.717, 1.165) is 0 Å². The van der Waals surface area contributed by atoms with E-state index in [4.69, 9.17) is 0 Å². The largest absolute Gasteiger partial charge is 0.310 e. The molecule has 1 aromatic rings. The Morgan fingerprint density at radius 2 is 2.17 bits per heavy atom. The molecule has 1 nitrogen and oxygen atoms in total. The molecular formula is C10H14ClN. The summed E-state index contributed by atoms with van der Waals surface area (Å²) in [5.41, 5.74) is 2.80. The van der Waals surface area contributed by atoms with Gasteiger partial charge in [-0.2, -0.15) is 0 Å². The van der Waals surface area contributed by atoms with Crippen molar-refractivity contribution in [2.75, 3.05) is 6.54 Å². The van der Waals surface area contributed by atoms with Crippen molar-refractivity contribution in [3.63, 3.8) is 0 Å². The highest BCUT2D eigenvalue weighted by molar-refractivity contribution is 5.85. The van der Waals surface area contributed by atoms with Crippen molar-refractivity contribution in [3.8, 4) is 0 Å². The zero-order chi connectivity index (χ0) is 7.68. The van der Waals surface area contributed by atoms with Crippen LogP contribution in [0.15, 0.2) is 24.3 Å². The minimum Gasteiger partial charge on any atom is -0.310 e. The first-order chi connectivity index (χ1) is 5.36. The summed E-state index contributed by atoms with van der Waals surface area (Å²) in [4.78, 5) is 0. The maximum absolute atomic E-state index is 3.39. The number of aryl methyl sites for hydroxylation is 1. The van der Waals surface area contributed by atoms with Crippen LogP contribution in [0.1, 0.15) is 23.6 Å². The highest BCUT2D eigenvalue weighted by Crippen LogP contribution is 2.22. The lowest BCUT2D eigenvalue weighted by atomic mass is 9.97. The van der Waals surface area contributed by atoms with E-state index >= 15 is 0 Å². The summed E-state index contributed by atoms with van der Waals surface area (Å²) in [6.07, 6.45) is 1.30. The van der Waals surface area contributed by atoms with Crippen molar-refractivity contribution in [2.24, 2.45) is 0 Å². The number of nitrogens with one attached hydrogen (secondary N) is 1. The normalized spacial score (nSPS) is 20.9. The van der Waals surface area contributed by atoms with Crippen LogP contribution in [0.25, 0.3) is 0 Å². The van der Waals surface area contributed by atoms with Gasteiger partial charge >= 0.3 is 0 Å². The van der Waals surface area contributed by atoms with E-state index in [9.17, 15) is 0 Å². The molecule has 0 saturated carbocycles. The predicted molar refractivity (Wildman–Crippen MR) is 53.8 cm³/mol. The van der Waals surface area contributed by atoms with E-state index in [1.165, 1.54) is 24.1 Å². The molecule has 1 aliphatic rings. The molecule has 1 saturated heterocycles. The molecule has 1 fully saturated rings. The van der Waals surface area contributed by atoms with Crippen molar-refractivity contribution in [1.29, 1.82) is 0 Å². The minimum atomic E-state index is 0. The lowest BCUT2D eigenvalue weighted by Gasteiger charge is -2.28. The molecule has 2 heteroatoms. The Morgan fingerprint density at radius 3 is 2.67 bits per heavy atom. The van der Waals surface area contributed by atoms with Crippen molar-refractivity contribution in [1.82, 2.24) is 5.32 Å². The lowest BCUT2D eigenvalue weighted by molar-refractivity contribution is 0.383. The summed E-state index contributed by atoms with van der Waals surface area (Å²) in [5.74, 6) is 0. The van der Waals surface area contributed by atoms with E-state index in [0.29, 0.717) is 6.04 Å². The summed E-state index contributed by atoms with van der Waals surface area (Å²) in [6, 6.07) is 9.36. The van der Waals surface area contributed by atoms with Crippen LogP contribution in [0.5, 0.6) is 0 Å².